The van der Waals surface area contributed by atoms with Gasteiger partial charge in [0.25, 0.3) is 0 Å². The fourth-order valence-electron chi connectivity index (χ4n) is 2.08. The van der Waals surface area contributed by atoms with Crippen molar-refractivity contribution in [2.24, 2.45) is 5.41 Å². The van der Waals surface area contributed by atoms with Crippen molar-refractivity contribution in [1.82, 2.24) is 10.2 Å². The molecule has 0 saturated carbocycles. The summed E-state index contributed by atoms with van der Waals surface area (Å²) >= 11 is 0. The summed E-state index contributed by atoms with van der Waals surface area (Å²) in [6.07, 6.45) is 2.00. The van der Waals surface area contributed by atoms with E-state index in [0.29, 0.717) is 45.7 Å². The van der Waals surface area contributed by atoms with Crippen LogP contribution in [0.4, 0.5) is 0 Å². The van der Waals surface area contributed by atoms with E-state index in [1.165, 1.54) is 0 Å². The largest absolute Gasteiger partial charge is 0.378 e. The topological polar surface area (TPSA) is 65.4 Å². The van der Waals surface area contributed by atoms with Crippen LogP contribution in [0.5, 0.6) is 0 Å². The molecule has 0 bridgehead atoms. The molecular formula is C14H25N3O2. The minimum Gasteiger partial charge on any atom is -0.378 e. The standard InChI is InChI=1S/C14H25N3O2/c1-14(2,5-3-6-15)12-16-7-4-13(18)17-8-10-19-11-9-17/h16H,3-5,7-12H2,1-2H3. The van der Waals surface area contributed by atoms with Gasteiger partial charge < -0.3 is 15.0 Å². The SMILES string of the molecule is CC(C)(CCC#N)CNCCC(=O)N1CCOCC1. The van der Waals surface area contributed by atoms with Crippen molar-refractivity contribution in [3.05, 3.63) is 0 Å². The molecule has 5 nitrogen and oxygen atoms in total. The van der Waals surface area contributed by atoms with Crippen LogP contribution in [0.1, 0.15) is 33.1 Å². The Kier molecular flexibility index (Phi) is 6.82. The average Bonchev–Trinajstić information content (AvgIpc) is 2.42. The lowest BCUT2D eigenvalue weighted by Gasteiger charge is -2.27. The average molecular weight is 267 g/mol. The van der Waals surface area contributed by atoms with Gasteiger partial charge in [-0.1, -0.05) is 13.8 Å². The molecule has 1 amide bonds. The molecule has 0 aliphatic carbocycles. The highest BCUT2D eigenvalue weighted by Crippen LogP contribution is 2.20. The maximum Gasteiger partial charge on any atom is 0.224 e. The second-order valence-corrected chi connectivity index (χ2v) is 5.74. The maximum absolute atomic E-state index is 11.9. The molecule has 0 atom stereocenters. The Morgan fingerprint density at radius 1 is 1.42 bits per heavy atom. The second-order valence-electron chi connectivity index (χ2n) is 5.74. The smallest absolute Gasteiger partial charge is 0.224 e. The van der Waals surface area contributed by atoms with E-state index in [1.807, 2.05) is 4.90 Å². The molecule has 1 rings (SSSR count). The Balaban J connectivity index is 2.12. The first-order chi connectivity index (χ1) is 9.05. The molecule has 1 heterocycles. The highest BCUT2D eigenvalue weighted by Gasteiger charge is 2.18. The van der Waals surface area contributed by atoms with Gasteiger partial charge in [0.2, 0.25) is 5.91 Å². The van der Waals surface area contributed by atoms with Gasteiger partial charge in [-0.2, -0.15) is 5.26 Å². The van der Waals surface area contributed by atoms with Gasteiger partial charge in [-0.15, -0.1) is 0 Å². The molecule has 1 saturated heterocycles. The van der Waals surface area contributed by atoms with Crippen LogP contribution in [0.3, 0.4) is 0 Å². The molecule has 0 spiro atoms. The molecular weight excluding hydrogens is 242 g/mol. The second kappa shape index (κ2) is 8.13. The van der Waals surface area contributed by atoms with E-state index in [1.54, 1.807) is 0 Å². The van der Waals surface area contributed by atoms with Crippen molar-refractivity contribution in [2.45, 2.75) is 33.1 Å². The lowest BCUT2D eigenvalue weighted by atomic mass is 9.88. The van der Waals surface area contributed by atoms with Crippen molar-refractivity contribution in [1.29, 1.82) is 5.26 Å². The molecule has 1 fully saturated rings. The van der Waals surface area contributed by atoms with E-state index in [0.717, 1.165) is 13.0 Å². The zero-order chi connectivity index (χ0) is 14.1. The number of amides is 1. The number of hydrogen-bond donors (Lipinski definition) is 1. The van der Waals surface area contributed by atoms with Crippen molar-refractivity contribution >= 4 is 5.91 Å². The third-order valence-electron chi connectivity index (χ3n) is 3.40. The highest BCUT2D eigenvalue weighted by atomic mass is 16.5. The first-order valence-corrected chi connectivity index (χ1v) is 6.98. The molecule has 5 heteroatoms. The van der Waals surface area contributed by atoms with Crippen LogP contribution in [0, 0.1) is 16.7 Å². The Labute approximate surface area is 115 Å². The number of nitrogens with one attached hydrogen (secondary N) is 1. The van der Waals surface area contributed by atoms with E-state index in [2.05, 4.69) is 25.2 Å². The summed E-state index contributed by atoms with van der Waals surface area (Å²) in [6.45, 7) is 8.55. The summed E-state index contributed by atoms with van der Waals surface area (Å²) in [6, 6.07) is 2.18. The maximum atomic E-state index is 11.9. The van der Waals surface area contributed by atoms with Gasteiger partial charge in [-0.05, 0) is 11.8 Å². The van der Waals surface area contributed by atoms with Gasteiger partial charge in [-0.25, -0.2) is 0 Å². The number of hydrogen-bond acceptors (Lipinski definition) is 4. The van der Waals surface area contributed by atoms with E-state index < -0.39 is 0 Å². The van der Waals surface area contributed by atoms with Crippen LogP contribution in [0.2, 0.25) is 0 Å². The van der Waals surface area contributed by atoms with Crippen LogP contribution < -0.4 is 5.32 Å². The van der Waals surface area contributed by atoms with Gasteiger partial charge in [-0.3, -0.25) is 4.79 Å². The molecule has 0 aromatic heterocycles. The Bertz CT molecular complexity index is 317. The summed E-state index contributed by atoms with van der Waals surface area (Å²) in [5.41, 5.74) is 0.109. The van der Waals surface area contributed by atoms with Gasteiger partial charge in [0.1, 0.15) is 0 Å². The van der Waals surface area contributed by atoms with Crippen LogP contribution >= 0.6 is 0 Å². The number of rotatable bonds is 7. The van der Waals surface area contributed by atoms with E-state index in [-0.39, 0.29) is 11.3 Å². The van der Waals surface area contributed by atoms with Gasteiger partial charge in [0.15, 0.2) is 0 Å². The molecule has 1 aliphatic rings. The molecule has 19 heavy (non-hydrogen) atoms. The first kappa shape index (κ1) is 15.9. The van der Waals surface area contributed by atoms with Crippen LogP contribution in [-0.4, -0.2) is 50.2 Å². The number of carbonyl (C=O) groups excluding carboxylic acids is 1. The summed E-state index contributed by atoms with van der Waals surface area (Å²) in [5, 5.41) is 11.9. The first-order valence-electron chi connectivity index (χ1n) is 6.98. The van der Waals surface area contributed by atoms with E-state index >= 15 is 0 Å². The molecule has 1 aliphatic heterocycles. The minimum absolute atomic E-state index is 0.109. The summed E-state index contributed by atoms with van der Waals surface area (Å²) in [5.74, 6) is 0.200. The molecule has 0 unspecified atom stereocenters. The molecule has 108 valence electrons. The number of carbonyl (C=O) groups is 1. The van der Waals surface area contributed by atoms with Crippen LogP contribution in [0.15, 0.2) is 0 Å². The van der Waals surface area contributed by atoms with Crippen molar-refractivity contribution in [2.75, 3.05) is 39.4 Å². The zero-order valence-corrected chi connectivity index (χ0v) is 12.1. The lowest BCUT2D eigenvalue weighted by molar-refractivity contribution is -0.135. The van der Waals surface area contributed by atoms with Gasteiger partial charge in [0.05, 0.1) is 19.3 Å². The fourth-order valence-corrected chi connectivity index (χ4v) is 2.08. The Morgan fingerprint density at radius 2 is 2.11 bits per heavy atom. The predicted molar refractivity (Wildman–Crippen MR) is 73.5 cm³/mol. The monoisotopic (exact) mass is 267 g/mol. The summed E-state index contributed by atoms with van der Waals surface area (Å²) in [4.78, 5) is 13.7. The normalized spacial score (nSPS) is 16.2. The molecule has 0 radical (unpaired) electrons. The van der Waals surface area contributed by atoms with E-state index in [4.69, 9.17) is 10.00 Å². The molecule has 0 aromatic rings. The predicted octanol–water partition coefficient (Wildman–Crippen LogP) is 1.15. The number of nitriles is 1. The molecule has 0 aromatic carbocycles. The van der Waals surface area contributed by atoms with Crippen molar-refractivity contribution < 1.29 is 9.53 Å². The van der Waals surface area contributed by atoms with Gasteiger partial charge in [0, 0.05) is 39.0 Å². The lowest BCUT2D eigenvalue weighted by Crippen LogP contribution is -2.42. The number of nitrogens with zero attached hydrogens (tertiary/aromatic N) is 2. The third kappa shape index (κ3) is 6.55. The van der Waals surface area contributed by atoms with Crippen molar-refractivity contribution in [3.63, 3.8) is 0 Å². The van der Waals surface area contributed by atoms with Crippen LogP contribution in [0.25, 0.3) is 0 Å². The Morgan fingerprint density at radius 3 is 2.74 bits per heavy atom. The quantitative estimate of drug-likeness (QED) is 0.703. The number of ether oxygens (including phenoxy) is 1. The third-order valence-corrected chi connectivity index (χ3v) is 3.40. The van der Waals surface area contributed by atoms with Gasteiger partial charge >= 0.3 is 0 Å². The highest BCUT2D eigenvalue weighted by molar-refractivity contribution is 5.76. The Hall–Kier alpha value is -1.12. The van der Waals surface area contributed by atoms with Crippen molar-refractivity contribution in [3.8, 4) is 6.07 Å². The summed E-state index contributed by atoms with van der Waals surface area (Å²) in [7, 11) is 0. The number of morpholine rings is 1. The minimum atomic E-state index is 0.109. The summed E-state index contributed by atoms with van der Waals surface area (Å²) < 4.78 is 5.22. The zero-order valence-electron chi connectivity index (χ0n) is 12.1. The van der Waals surface area contributed by atoms with Crippen LogP contribution in [-0.2, 0) is 9.53 Å². The molecule has 1 N–H and O–H groups in total. The van der Waals surface area contributed by atoms with E-state index in [9.17, 15) is 4.79 Å². The fraction of sp³-hybridized carbons (Fsp3) is 0.857.